The summed E-state index contributed by atoms with van der Waals surface area (Å²) in [6.07, 6.45) is 0. The number of hydrogen-bond acceptors (Lipinski definition) is 3. The summed E-state index contributed by atoms with van der Waals surface area (Å²) in [5.41, 5.74) is 21.2. The van der Waals surface area contributed by atoms with Crippen LogP contribution in [-0.4, -0.2) is 6.71 Å². The van der Waals surface area contributed by atoms with E-state index in [1.54, 1.807) is 0 Å². The Hall–Kier alpha value is -8.34. The van der Waals surface area contributed by atoms with E-state index < -0.39 is 5.41 Å². The van der Waals surface area contributed by atoms with Gasteiger partial charge in [0.1, 0.15) is 0 Å². The monoisotopic (exact) mass is 857 g/mol. The molecule has 67 heavy (non-hydrogen) atoms. The summed E-state index contributed by atoms with van der Waals surface area (Å²) >= 11 is 0. The fraction of sp³-hybridized carbons (Fsp3) is 0.0476. The number of benzene rings is 10. The van der Waals surface area contributed by atoms with Crippen molar-refractivity contribution in [1.82, 2.24) is 0 Å². The van der Waals surface area contributed by atoms with Crippen molar-refractivity contribution in [2.24, 2.45) is 0 Å². The van der Waals surface area contributed by atoms with Gasteiger partial charge in [-0.15, -0.1) is 0 Å². The molecule has 4 heteroatoms. The largest absolute Gasteiger partial charge is 0.311 e. The Morgan fingerprint density at radius 3 is 1.10 bits per heavy atom. The first-order valence-electron chi connectivity index (χ1n) is 23.3. The Bertz CT molecular complexity index is 3220. The van der Waals surface area contributed by atoms with Crippen LogP contribution >= 0.6 is 0 Å². The minimum Gasteiger partial charge on any atom is -0.311 e. The van der Waals surface area contributed by atoms with Crippen LogP contribution in [0.3, 0.4) is 0 Å². The summed E-state index contributed by atoms with van der Waals surface area (Å²) in [6, 6.07) is 93.6. The molecule has 0 saturated carbocycles. The van der Waals surface area contributed by atoms with Gasteiger partial charge in [0.05, 0.1) is 5.41 Å². The maximum Gasteiger partial charge on any atom is 0.252 e. The Morgan fingerprint density at radius 2 is 0.687 bits per heavy atom. The molecule has 0 aliphatic carbocycles. The second kappa shape index (κ2) is 16.6. The van der Waals surface area contributed by atoms with E-state index in [1.165, 1.54) is 72.5 Å². The number of anilines is 9. The molecule has 0 amide bonds. The molecule has 0 N–H and O–H groups in total. The van der Waals surface area contributed by atoms with E-state index in [-0.39, 0.29) is 6.71 Å². The maximum absolute atomic E-state index is 2.50. The Kier molecular flexibility index (Phi) is 9.95. The second-order valence-electron chi connectivity index (χ2n) is 17.9. The third-order valence-corrected chi connectivity index (χ3v) is 13.9. The van der Waals surface area contributed by atoms with Crippen LogP contribution in [0.4, 0.5) is 51.2 Å². The van der Waals surface area contributed by atoms with E-state index in [0.29, 0.717) is 0 Å². The van der Waals surface area contributed by atoms with Gasteiger partial charge in [-0.05, 0) is 137 Å². The zero-order valence-corrected chi connectivity index (χ0v) is 37.7. The molecule has 3 nitrogen and oxygen atoms in total. The maximum atomic E-state index is 2.50. The summed E-state index contributed by atoms with van der Waals surface area (Å²) < 4.78 is 0. The van der Waals surface area contributed by atoms with Crippen molar-refractivity contribution in [1.29, 1.82) is 0 Å². The number of fused-ring (bicyclic) bond motifs is 4. The number of para-hydroxylation sites is 2. The minimum atomic E-state index is -0.535. The molecule has 12 rings (SSSR count). The first kappa shape index (κ1) is 40.2. The fourth-order valence-electron chi connectivity index (χ4n) is 11.0. The average molecular weight is 858 g/mol. The van der Waals surface area contributed by atoms with Gasteiger partial charge in [0, 0.05) is 51.2 Å². The molecule has 318 valence electrons. The third kappa shape index (κ3) is 6.67. The molecule has 2 aliphatic heterocycles. The molecule has 0 spiro atoms. The van der Waals surface area contributed by atoms with Gasteiger partial charge < -0.3 is 14.7 Å². The average Bonchev–Trinajstić information content (AvgIpc) is 3.39. The van der Waals surface area contributed by atoms with Crippen LogP contribution in [-0.2, 0) is 5.41 Å². The lowest BCUT2D eigenvalue weighted by molar-refractivity contribution is 0.745. The van der Waals surface area contributed by atoms with E-state index >= 15 is 0 Å². The Labute approximate surface area is 394 Å². The van der Waals surface area contributed by atoms with Gasteiger partial charge in [0.2, 0.25) is 0 Å². The highest BCUT2D eigenvalue weighted by Crippen LogP contribution is 2.48. The zero-order valence-electron chi connectivity index (χ0n) is 37.7. The van der Waals surface area contributed by atoms with Crippen molar-refractivity contribution in [3.05, 3.63) is 288 Å². The lowest BCUT2D eigenvalue weighted by Crippen LogP contribution is -2.61. The molecule has 0 aromatic heterocycles. The highest BCUT2D eigenvalue weighted by atomic mass is 15.2. The third-order valence-electron chi connectivity index (χ3n) is 13.9. The number of nitrogens with zero attached hydrogens (tertiary/aromatic N) is 3. The molecular formula is C63H48BN3. The molecule has 2 aliphatic rings. The summed E-state index contributed by atoms with van der Waals surface area (Å²) in [7, 11) is 0. The SMILES string of the molecule is Cc1ccc2c(c1)B1c3cc(C)ccc3N(c3ccc(C(c4ccccc4)(c4ccccc4)c4ccccc4)cc3)c3cccc(c31)N2c1ccc(N(c2ccccc2)c2ccccc2)cc1. The topological polar surface area (TPSA) is 9.72 Å². The van der Waals surface area contributed by atoms with E-state index in [1.807, 2.05) is 0 Å². The van der Waals surface area contributed by atoms with Gasteiger partial charge in [0.15, 0.2) is 0 Å². The Morgan fingerprint density at radius 1 is 0.328 bits per heavy atom. The molecular weight excluding hydrogens is 810 g/mol. The van der Waals surface area contributed by atoms with E-state index in [0.717, 1.165) is 28.4 Å². The van der Waals surface area contributed by atoms with Crippen LogP contribution < -0.4 is 31.1 Å². The van der Waals surface area contributed by atoms with Crippen molar-refractivity contribution in [3.63, 3.8) is 0 Å². The van der Waals surface area contributed by atoms with Crippen molar-refractivity contribution in [2.45, 2.75) is 19.3 Å². The molecule has 2 heterocycles. The number of aryl methyl sites for hydroxylation is 2. The summed E-state index contributed by atoms with van der Waals surface area (Å²) in [5.74, 6) is 0. The highest BCUT2D eigenvalue weighted by Gasteiger charge is 2.44. The lowest BCUT2D eigenvalue weighted by Gasteiger charge is -2.44. The van der Waals surface area contributed by atoms with Gasteiger partial charge in [-0.2, -0.15) is 0 Å². The van der Waals surface area contributed by atoms with E-state index in [2.05, 4.69) is 283 Å². The van der Waals surface area contributed by atoms with Crippen molar-refractivity contribution < 1.29 is 0 Å². The summed E-state index contributed by atoms with van der Waals surface area (Å²) in [4.78, 5) is 7.31. The van der Waals surface area contributed by atoms with Crippen LogP contribution in [0.25, 0.3) is 0 Å². The van der Waals surface area contributed by atoms with Crippen molar-refractivity contribution in [3.8, 4) is 0 Å². The van der Waals surface area contributed by atoms with Crippen molar-refractivity contribution >= 4 is 74.3 Å². The molecule has 10 aromatic carbocycles. The molecule has 10 aromatic rings. The molecule has 0 atom stereocenters. The molecule has 0 radical (unpaired) electrons. The fourth-order valence-corrected chi connectivity index (χ4v) is 11.0. The zero-order chi connectivity index (χ0) is 44.9. The lowest BCUT2D eigenvalue weighted by atomic mass is 9.33. The van der Waals surface area contributed by atoms with E-state index in [9.17, 15) is 0 Å². The number of rotatable bonds is 9. The number of hydrogen-bond donors (Lipinski definition) is 0. The Balaban J connectivity index is 1.02. The smallest absolute Gasteiger partial charge is 0.252 e. The normalized spacial score (nSPS) is 12.5. The van der Waals surface area contributed by atoms with Gasteiger partial charge in [-0.25, -0.2) is 0 Å². The first-order valence-corrected chi connectivity index (χ1v) is 23.3. The predicted octanol–water partition coefficient (Wildman–Crippen LogP) is 14.2. The molecule has 0 unspecified atom stereocenters. The van der Waals surface area contributed by atoms with Crippen molar-refractivity contribution in [2.75, 3.05) is 14.7 Å². The molecule has 0 fully saturated rings. The van der Waals surface area contributed by atoms with Gasteiger partial charge >= 0.3 is 0 Å². The van der Waals surface area contributed by atoms with Crippen LogP contribution in [0, 0.1) is 13.8 Å². The van der Waals surface area contributed by atoms with Crippen LogP contribution in [0.2, 0.25) is 0 Å². The summed E-state index contributed by atoms with van der Waals surface area (Å²) in [6.45, 7) is 4.49. The predicted molar refractivity (Wildman–Crippen MR) is 283 cm³/mol. The molecule has 0 saturated heterocycles. The van der Waals surface area contributed by atoms with Gasteiger partial charge in [0.25, 0.3) is 6.71 Å². The van der Waals surface area contributed by atoms with Gasteiger partial charge in [-0.1, -0.05) is 181 Å². The molecule has 0 bridgehead atoms. The van der Waals surface area contributed by atoms with Crippen LogP contribution in [0.15, 0.2) is 255 Å². The standard InChI is InChI=1S/C63H48BN3/c1-45-31-41-58-56(43-45)64-57-44-46(2)32-42-59(57)67(55-39-37-53(38-40-55)65(51-25-14-6-15-26-51)52-27-16-7-17-28-52)61-30-18-29-60(62(61)64)66(58)54-35-33-50(34-36-54)63(47-19-8-3-9-20-47,48-21-10-4-11-22-48)49-23-12-5-13-24-49/h3-44H,1-2H3. The van der Waals surface area contributed by atoms with Gasteiger partial charge in [-0.3, -0.25) is 0 Å². The van der Waals surface area contributed by atoms with Crippen LogP contribution in [0.1, 0.15) is 33.4 Å². The minimum absolute atomic E-state index is 0.0515. The quantitative estimate of drug-likeness (QED) is 0.106. The second-order valence-corrected chi connectivity index (χ2v) is 17.9. The first-order chi connectivity index (χ1) is 33.1. The van der Waals surface area contributed by atoms with E-state index in [4.69, 9.17) is 0 Å². The van der Waals surface area contributed by atoms with Crippen LogP contribution in [0.5, 0.6) is 0 Å². The highest BCUT2D eigenvalue weighted by molar-refractivity contribution is 7.00. The summed E-state index contributed by atoms with van der Waals surface area (Å²) in [5, 5.41) is 0.